The molecule has 0 radical (unpaired) electrons. The summed E-state index contributed by atoms with van der Waals surface area (Å²) in [7, 11) is 0. The van der Waals surface area contributed by atoms with E-state index in [2.05, 4.69) is 10.6 Å². The zero-order chi connectivity index (χ0) is 25.5. The number of hydrogen-bond acceptors (Lipinski definition) is 5. The highest BCUT2D eigenvalue weighted by Gasteiger charge is 2.31. The summed E-state index contributed by atoms with van der Waals surface area (Å²) in [6, 6.07) is 13.5. The number of benzene rings is 2. The maximum Gasteiger partial charge on any atom is 0.407 e. The first-order chi connectivity index (χ1) is 16.8. The number of carboxylic acid groups (broad SMARTS) is 1. The molecular formula is C26H31N3O6. The minimum Gasteiger partial charge on any atom is -0.481 e. The molecule has 3 N–H and O–H groups in total. The van der Waals surface area contributed by atoms with Crippen molar-refractivity contribution in [1.29, 1.82) is 0 Å². The minimum absolute atomic E-state index is 0.0259. The van der Waals surface area contributed by atoms with Gasteiger partial charge in [-0.2, -0.15) is 0 Å². The number of rotatable bonds is 10. The van der Waals surface area contributed by atoms with E-state index in [1.807, 2.05) is 62.4 Å². The highest BCUT2D eigenvalue weighted by molar-refractivity contribution is 5.93. The lowest BCUT2D eigenvalue weighted by Crippen LogP contribution is -2.54. The number of amides is 3. The van der Waals surface area contributed by atoms with Crippen LogP contribution in [-0.2, 0) is 19.1 Å². The highest BCUT2D eigenvalue weighted by atomic mass is 16.5. The molecule has 2 aromatic rings. The van der Waals surface area contributed by atoms with Crippen molar-refractivity contribution < 1.29 is 29.0 Å². The molecule has 0 fully saturated rings. The number of alkyl carbamates (subject to hydrolysis) is 1. The molecule has 1 aliphatic rings. The lowest BCUT2D eigenvalue weighted by atomic mass is 9.98. The van der Waals surface area contributed by atoms with Gasteiger partial charge in [0.2, 0.25) is 11.8 Å². The summed E-state index contributed by atoms with van der Waals surface area (Å²) >= 11 is 0. The minimum atomic E-state index is -1.39. The Balaban J connectivity index is 1.64. The number of likely N-dealkylation sites (N-methyl/N-ethyl adjacent to an activating group) is 1. The van der Waals surface area contributed by atoms with Crippen molar-refractivity contribution in [3.05, 3.63) is 59.7 Å². The number of fused-ring (bicyclic) bond motifs is 3. The van der Waals surface area contributed by atoms with Crippen molar-refractivity contribution in [1.82, 2.24) is 15.5 Å². The van der Waals surface area contributed by atoms with Gasteiger partial charge in [0.1, 0.15) is 18.7 Å². The number of carbonyl (C=O) groups excluding carboxylic acids is 3. The van der Waals surface area contributed by atoms with Crippen LogP contribution in [0.15, 0.2) is 48.5 Å². The Labute approximate surface area is 204 Å². The molecule has 186 valence electrons. The van der Waals surface area contributed by atoms with Crippen LogP contribution in [0.5, 0.6) is 0 Å². The summed E-state index contributed by atoms with van der Waals surface area (Å²) in [5, 5.41) is 14.1. The molecule has 3 amide bonds. The smallest absolute Gasteiger partial charge is 0.407 e. The number of carboxylic acids is 1. The summed E-state index contributed by atoms with van der Waals surface area (Å²) in [6.45, 7) is 6.14. The van der Waals surface area contributed by atoms with Crippen LogP contribution in [0.4, 0.5) is 4.79 Å². The molecule has 2 aromatic carbocycles. The largest absolute Gasteiger partial charge is 0.481 e. The van der Waals surface area contributed by atoms with Gasteiger partial charge in [0, 0.05) is 19.0 Å². The molecule has 0 saturated carbocycles. The maximum absolute atomic E-state index is 12.7. The Morgan fingerprint density at radius 3 is 2.00 bits per heavy atom. The van der Waals surface area contributed by atoms with Gasteiger partial charge < -0.3 is 25.4 Å². The zero-order valence-electron chi connectivity index (χ0n) is 20.1. The van der Waals surface area contributed by atoms with Crippen LogP contribution < -0.4 is 10.6 Å². The van der Waals surface area contributed by atoms with E-state index in [1.54, 1.807) is 4.90 Å². The lowest BCUT2D eigenvalue weighted by molar-refractivity contribution is -0.140. The number of carbonyl (C=O) groups is 4. The van der Waals surface area contributed by atoms with Gasteiger partial charge in [0.25, 0.3) is 0 Å². The number of nitrogens with zero attached hydrogens (tertiary/aromatic N) is 1. The number of nitrogens with one attached hydrogen (secondary N) is 2. The summed E-state index contributed by atoms with van der Waals surface area (Å²) < 4.78 is 5.43. The van der Waals surface area contributed by atoms with Gasteiger partial charge in [-0.15, -0.1) is 0 Å². The molecule has 0 aromatic heterocycles. The summed E-state index contributed by atoms with van der Waals surface area (Å²) in [6.07, 6.45) is -1.56. The quantitative estimate of drug-likeness (QED) is 0.479. The Hall–Kier alpha value is -3.88. The molecular weight excluding hydrogens is 450 g/mol. The van der Waals surface area contributed by atoms with Crippen LogP contribution in [0.25, 0.3) is 11.1 Å². The van der Waals surface area contributed by atoms with E-state index < -0.39 is 36.5 Å². The van der Waals surface area contributed by atoms with Crippen molar-refractivity contribution in [2.24, 2.45) is 0 Å². The Kier molecular flexibility index (Phi) is 8.46. The van der Waals surface area contributed by atoms with E-state index >= 15 is 0 Å². The summed E-state index contributed by atoms with van der Waals surface area (Å²) in [5.41, 5.74) is 4.22. The van der Waals surface area contributed by atoms with Gasteiger partial charge in [-0.3, -0.25) is 14.4 Å². The van der Waals surface area contributed by atoms with Crippen LogP contribution in [-0.4, -0.2) is 65.7 Å². The van der Waals surface area contributed by atoms with Crippen molar-refractivity contribution in [3.8, 4) is 11.1 Å². The van der Waals surface area contributed by atoms with E-state index in [4.69, 9.17) is 4.74 Å². The molecule has 0 spiro atoms. The van der Waals surface area contributed by atoms with E-state index in [0.717, 1.165) is 22.3 Å². The van der Waals surface area contributed by atoms with Crippen LogP contribution in [0.1, 0.15) is 44.2 Å². The first-order valence-corrected chi connectivity index (χ1v) is 11.7. The average molecular weight is 482 g/mol. The normalized spacial score (nSPS) is 13.7. The molecule has 35 heavy (non-hydrogen) atoms. The lowest BCUT2D eigenvalue weighted by Gasteiger charge is -2.25. The maximum atomic E-state index is 12.7. The van der Waals surface area contributed by atoms with E-state index in [0.29, 0.717) is 13.1 Å². The molecule has 2 atom stereocenters. The molecule has 3 rings (SSSR count). The fourth-order valence-electron chi connectivity index (χ4n) is 4.35. The molecule has 9 nitrogen and oxygen atoms in total. The van der Waals surface area contributed by atoms with E-state index in [1.165, 1.54) is 6.92 Å². The average Bonchev–Trinajstić information content (AvgIpc) is 3.16. The third-order valence-electron chi connectivity index (χ3n) is 6.14. The van der Waals surface area contributed by atoms with Gasteiger partial charge >= 0.3 is 12.1 Å². The molecule has 2 unspecified atom stereocenters. The Morgan fingerprint density at radius 2 is 1.49 bits per heavy atom. The highest BCUT2D eigenvalue weighted by Crippen LogP contribution is 2.44. The third-order valence-corrected chi connectivity index (χ3v) is 6.14. The van der Waals surface area contributed by atoms with E-state index in [-0.39, 0.29) is 18.4 Å². The second-order valence-corrected chi connectivity index (χ2v) is 8.36. The summed E-state index contributed by atoms with van der Waals surface area (Å²) in [4.78, 5) is 50.6. The van der Waals surface area contributed by atoms with E-state index in [9.17, 15) is 24.3 Å². The topological polar surface area (TPSA) is 125 Å². The third kappa shape index (κ3) is 5.98. The van der Waals surface area contributed by atoms with Crippen LogP contribution >= 0.6 is 0 Å². The molecule has 9 heteroatoms. The van der Waals surface area contributed by atoms with Gasteiger partial charge in [-0.05, 0) is 43.0 Å². The van der Waals surface area contributed by atoms with Gasteiger partial charge in [-0.1, -0.05) is 48.5 Å². The van der Waals surface area contributed by atoms with Crippen LogP contribution in [0.2, 0.25) is 0 Å². The molecule has 0 heterocycles. The Morgan fingerprint density at radius 1 is 0.943 bits per heavy atom. The van der Waals surface area contributed by atoms with Gasteiger partial charge in [0.15, 0.2) is 0 Å². The SMILES string of the molecule is CCN(CC)C(=O)C(C)NC(=O)C(CC(=O)O)NC(=O)OCC1c2ccccc2-c2ccccc21. The molecule has 0 saturated heterocycles. The van der Waals surface area contributed by atoms with Gasteiger partial charge in [0.05, 0.1) is 6.42 Å². The van der Waals surface area contributed by atoms with Crippen LogP contribution in [0, 0.1) is 0 Å². The van der Waals surface area contributed by atoms with Crippen molar-refractivity contribution >= 4 is 23.9 Å². The monoisotopic (exact) mass is 481 g/mol. The fraction of sp³-hybridized carbons (Fsp3) is 0.385. The second kappa shape index (κ2) is 11.5. The zero-order valence-corrected chi connectivity index (χ0v) is 20.1. The molecule has 1 aliphatic carbocycles. The first kappa shape index (κ1) is 25.7. The number of ether oxygens (including phenoxy) is 1. The summed E-state index contributed by atoms with van der Waals surface area (Å²) in [5.74, 6) is -2.51. The second-order valence-electron chi connectivity index (χ2n) is 8.36. The van der Waals surface area contributed by atoms with Crippen molar-refractivity contribution in [2.45, 2.75) is 45.2 Å². The van der Waals surface area contributed by atoms with Crippen molar-refractivity contribution in [2.75, 3.05) is 19.7 Å². The van der Waals surface area contributed by atoms with Crippen LogP contribution in [0.3, 0.4) is 0 Å². The van der Waals surface area contributed by atoms with Gasteiger partial charge in [-0.25, -0.2) is 4.79 Å². The predicted octanol–water partition coefficient (Wildman–Crippen LogP) is 2.74. The van der Waals surface area contributed by atoms with Crippen molar-refractivity contribution in [3.63, 3.8) is 0 Å². The predicted molar refractivity (Wildman–Crippen MR) is 130 cm³/mol. The molecule has 0 aliphatic heterocycles. The standard InChI is InChI=1S/C26H31N3O6/c1-4-29(5-2)25(33)16(3)27-24(32)22(14-23(30)31)28-26(34)35-15-21-19-12-8-6-10-17(19)18-11-7-9-13-20(18)21/h6-13,16,21-22H,4-5,14-15H2,1-3H3,(H,27,32)(H,28,34)(H,30,31). The number of hydrogen-bond donors (Lipinski definition) is 3. The molecule has 0 bridgehead atoms. The first-order valence-electron chi connectivity index (χ1n) is 11.7. The Bertz CT molecular complexity index is 1050. The number of aliphatic carboxylic acids is 1. The fourth-order valence-corrected chi connectivity index (χ4v) is 4.35.